The number of carbonyl (C=O) groups excluding carboxylic acids is 1. The molecular formula is C27H29Cl3N4O2. The first-order valence-corrected chi connectivity index (χ1v) is 13.0. The quantitative estimate of drug-likeness (QED) is 0.149. The highest BCUT2D eigenvalue weighted by molar-refractivity contribution is 6.42. The van der Waals surface area contributed by atoms with Crippen molar-refractivity contribution in [2.75, 3.05) is 51.3 Å². The molecule has 190 valence electrons. The summed E-state index contributed by atoms with van der Waals surface area (Å²) in [6.45, 7) is 5.42. The van der Waals surface area contributed by atoms with Gasteiger partial charge in [0.1, 0.15) is 0 Å². The van der Waals surface area contributed by atoms with Gasteiger partial charge in [-0.1, -0.05) is 46.9 Å². The highest BCUT2D eigenvalue weighted by atomic mass is 35.5. The number of nitrogens with one attached hydrogen (secondary N) is 2. The number of aromatic amines is 1. The molecule has 36 heavy (non-hydrogen) atoms. The summed E-state index contributed by atoms with van der Waals surface area (Å²) in [4.78, 5) is 20.5. The van der Waals surface area contributed by atoms with E-state index in [0.29, 0.717) is 16.6 Å². The van der Waals surface area contributed by atoms with E-state index in [-0.39, 0.29) is 11.7 Å². The van der Waals surface area contributed by atoms with E-state index in [4.69, 9.17) is 39.5 Å². The van der Waals surface area contributed by atoms with Crippen molar-refractivity contribution in [3.8, 4) is 0 Å². The molecule has 0 saturated carbocycles. The number of nitrogens with zero attached hydrogens (tertiary/aromatic N) is 2. The molecule has 2 N–H and O–H groups in total. The largest absolute Gasteiger partial charge is 0.491 e. The maximum absolute atomic E-state index is 12.5. The van der Waals surface area contributed by atoms with E-state index in [0.717, 1.165) is 60.8 Å². The number of piperazine rings is 1. The first-order chi connectivity index (χ1) is 17.4. The van der Waals surface area contributed by atoms with E-state index in [1.165, 1.54) is 12.8 Å². The SMILES string of the molecule is CO/C(=C/C=C/c1cc2cc(Cl)c(Cl)cc2[nH]1)C(=O)NCCCN1CCN(c2cccc(Cl)c2)CC1. The zero-order chi connectivity index (χ0) is 25.5. The van der Waals surface area contributed by atoms with E-state index < -0.39 is 0 Å². The van der Waals surface area contributed by atoms with Crippen LogP contribution in [0.3, 0.4) is 0 Å². The molecule has 2 aromatic carbocycles. The van der Waals surface area contributed by atoms with Gasteiger partial charge in [0.15, 0.2) is 5.76 Å². The van der Waals surface area contributed by atoms with Gasteiger partial charge in [-0.05, 0) is 61.5 Å². The third-order valence-corrected chi connectivity index (χ3v) is 7.09. The summed E-state index contributed by atoms with van der Waals surface area (Å²) >= 11 is 18.3. The number of anilines is 1. The number of H-pyrrole nitrogens is 1. The molecule has 0 aliphatic carbocycles. The lowest BCUT2D eigenvalue weighted by atomic mass is 10.2. The van der Waals surface area contributed by atoms with Gasteiger partial charge in [-0.2, -0.15) is 0 Å². The molecule has 1 amide bonds. The minimum absolute atomic E-state index is 0.233. The van der Waals surface area contributed by atoms with E-state index in [1.807, 2.05) is 36.4 Å². The maximum atomic E-state index is 12.5. The molecule has 1 aromatic heterocycles. The summed E-state index contributed by atoms with van der Waals surface area (Å²) in [7, 11) is 1.49. The summed E-state index contributed by atoms with van der Waals surface area (Å²) in [5.41, 5.74) is 2.93. The third-order valence-electron chi connectivity index (χ3n) is 6.13. The van der Waals surface area contributed by atoms with Crippen LogP contribution in [0.2, 0.25) is 15.1 Å². The molecule has 1 aliphatic heterocycles. The number of benzene rings is 2. The highest BCUT2D eigenvalue weighted by Gasteiger charge is 2.17. The average Bonchev–Trinajstić information content (AvgIpc) is 3.26. The fourth-order valence-corrected chi connectivity index (χ4v) is 4.73. The standard InChI is InChI=1S/C27H29Cl3N4O2/c1-36-26(8-3-6-21-15-19-16-23(29)24(30)18-25(19)32-21)27(35)31-9-4-10-33-11-13-34(14-12-33)22-7-2-5-20(28)17-22/h2-3,5-8,15-18,32H,4,9-14H2,1H3,(H,31,35)/b6-3+,26-8+. The average molecular weight is 548 g/mol. The summed E-state index contributed by atoms with van der Waals surface area (Å²) in [5.74, 6) is 0.0201. The number of hydrogen-bond acceptors (Lipinski definition) is 4. The number of amides is 1. The van der Waals surface area contributed by atoms with Gasteiger partial charge < -0.3 is 19.9 Å². The molecule has 1 aliphatic rings. The van der Waals surface area contributed by atoms with Crippen molar-refractivity contribution in [2.45, 2.75) is 6.42 Å². The number of halogens is 3. The van der Waals surface area contributed by atoms with Crippen molar-refractivity contribution in [3.05, 3.63) is 81.1 Å². The summed E-state index contributed by atoms with van der Waals surface area (Å²) < 4.78 is 5.28. The Morgan fingerprint density at radius 1 is 1.08 bits per heavy atom. The van der Waals surface area contributed by atoms with Gasteiger partial charge in [0.2, 0.25) is 0 Å². The predicted octanol–water partition coefficient (Wildman–Crippen LogP) is 6.00. The van der Waals surface area contributed by atoms with Crippen LogP contribution in [0.1, 0.15) is 12.1 Å². The molecule has 0 atom stereocenters. The lowest BCUT2D eigenvalue weighted by molar-refractivity contribution is -0.120. The van der Waals surface area contributed by atoms with Gasteiger partial charge >= 0.3 is 0 Å². The Morgan fingerprint density at radius 2 is 1.86 bits per heavy atom. The molecule has 0 bridgehead atoms. The second-order valence-electron chi connectivity index (χ2n) is 8.59. The van der Waals surface area contributed by atoms with Gasteiger partial charge in [0.25, 0.3) is 5.91 Å². The van der Waals surface area contributed by atoms with Crippen molar-refractivity contribution >= 4 is 63.4 Å². The van der Waals surface area contributed by atoms with Crippen LogP contribution in [0, 0.1) is 0 Å². The number of ether oxygens (including phenoxy) is 1. The van der Waals surface area contributed by atoms with Gasteiger partial charge in [-0.25, -0.2) is 0 Å². The zero-order valence-corrected chi connectivity index (χ0v) is 22.3. The first-order valence-electron chi connectivity index (χ1n) is 11.8. The number of carbonyl (C=O) groups is 1. The number of allylic oxidation sites excluding steroid dienone is 2. The van der Waals surface area contributed by atoms with Crippen LogP contribution < -0.4 is 10.2 Å². The number of methoxy groups -OCH3 is 1. The van der Waals surface area contributed by atoms with Crippen molar-refractivity contribution in [2.24, 2.45) is 0 Å². The maximum Gasteiger partial charge on any atom is 0.286 e. The monoisotopic (exact) mass is 546 g/mol. The minimum atomic E-state index is -0.233. The summed E-state index contributed by atoms with van der Waals surface area (Å²) in [6.07, 6.45) is 6.15. The van der Waals surface area contributed by atoms with Gasteiger partial charge in [0, 0.05) is 60.0 Å². The molecule has 2 heterocycles. The van der Waals surface area contributed by atoms with Crippen LogP contribution in [-0.4, -0.2) is 62.2 Å². The molecule has 0 radical (unpaired) electrons. The minimum Gasteiger partial charge on any atom is -0.491 e. The highest BCUT2D eigenvalue weighted by Crippen LogP contribution is 2.28. The Hall–Kier alpha value is -2.64. The third kappa shape index (κ3) is 6.98. The van der Waals surface area contributed by atoms with Crippen molar-refractivity contribution in [1.82, 2.24) is 15.2 Å². The van der Waals surface area contributed by atoms with Crippen molar-refractivity contribution in [1.29, 1.82) is 0 Å². The smallest absolute Gasteiger partial charge is 0.286 e. The van der Waals surface area contributed by atoms with Crippen LogP contribution in [0.5, 0.6) is 0 Å². The van der Waals surface area contributed by atoms with E-state index >= 15 is 0 Å². The second kappa shape index (κ2) is 12.5. The van der Waals surface area contributed by atoms with Crippen LogP contribution in [0.4, 0.5) is 5.69 Å². The topological polar surface area (TPSA) is 60.6 Å². The Morgan fingerprint density at radius 3 is 2.61 bits per heavy atom. The number of hydrogen-bond donors (Lipinski definition) is 2. The predicted molar refractivity (Wildman–Crippen MR) is 150 cm³/mol. The molecule has 0 unspecified atom stereocenters. The second-order valence-corrected chi connectivity index (χ2v) is 9.84. The zero-order valence-electron chi connectivity index (χ0n) is 20.1. The van der Waals surface area contributed by atoms with E-state index in [1.54, 1.807) is 18.2 Å². The number of aromatic nitrogens is 1. The van der Waals surface area contributed by atoms with Crippen LogP contribution in [-0.2, 0) is 9.53 Å². The van der Waals surface area contributed by atoms with Crippen molar-refractivity contribution in [3.63, 3.8) is 0 Å². The molecule has 0 spiro atoms. The molecule has 3 aromatic rings. The molecular weight excluding hydrogens is 519 g/mol. The Kier molecular flexibility index (Phi) is 9.21. The van der Waals surface area contributed by atoms with E-state index in [9.17, 15) is 4.79 Å². The number of rotatable bonds is 9. The van der Waals surface area contributed by atoms with Crippen molar-refractivity contribution < 1.29 is 9.53 Å². The molecule has 4 rings (SSSR count). The fourth-order valence-electron chi connectivity index (χ4n) is 4.21. The Balaban J connectivity index is 1.20. The van der Waals surface area contributed by atoms with Crippen LogP contribution in [0.15, 0.2) is 60.4 Å². The van der Waals surface area contributed by atoms with Gasteiger partial charge in [-0.3, -0.25) is 9.69 Å². The Bertz CT molecular complexity index is 1220. The fraction of sp³-hybridized carbons (Fsp3) is 0.296. The molecule has 1 fully saturated rings. The molecule has 1 saturated heterocycles. The lowest BCUT2D eigenvalue weighted by Gasteiger charge is -2.36. The normalized spacial score (nSPS) is 15.1. The molecule has 6 nitrogen and oxygen atoms in total. The van der Waals surface area contributed by atoms with Gasteiger partial charge in [-0.15, -0.1) is 0 Å². The summed E-state index contributed by atoms with van der Waals surface area (Å²) in [6, 6.07) is 13.6. The summed E-state index contributed by atoms with van der Waals surface area (Å²) in [5, 5.41) is 5.68. The first kappa shape index (κ1) is 26.4. The number of fused-ring (bicyclic) bond motifs is 1. The van der Waals surface area contributed by atoms with Crippen LogP contribution >= 0.6 is 34.8 Å². The van der Waals surface area contributed by atoms with E-state index in [2.05, 4.69) is 26.2 Å². The Labute approximate surface area is 226 Å². The van der Waals surface area contributed by atoms with Gasteiger partial charge in [0.05, 0.1) is 17.2 Å². The van der Waals surface area contributed by atoms with Crippen LogP contribution in [0.25, 0.3) is 17.0 Å². The molecule has 9 heteroatoms. The lowest BCUT2D eigenvalue weighted by Crippen LogP contribution is -2.47.